The molecule has 1 N–H and O–H groups in total. The summed E-state index contributed by atoms with van der Waals surface area (Å²) in [7, 11) is 0. The van der Waals surface area contributed by atoms with Crippen molar-refractivity contribution in [2.24, 2.45) is 0 Å². The Bertz CT molecular complexity index is 968. The lowest BCUT2D eigenvalue weighted by molar-refractivity contribution is -0.141. The van der Waals surface area contributed by atoms with Crippen LogP contribution in [0.15, 0.2) is 36.5 Å². The van der Waals surface area contributed by atoms with Crippen LogP contribution in [0.1, 0.15) is 70.9 Å². The first-order chi connectivity index (χ1) is 15.9. The molecule has 180 valence electrons. The van der Waals surface area contributed by atoms with Gasteiger partial charge in [0, 0.05) is 24.2 Å². The maximum absolute atomic E-state index is 12.9. The van der Waals surface area contributed by atoms with Crippen molar-refractivity contribution in [3.63, 3.8) is 0 Å². The summed E-state index contributed by atoms with van der Waals surface area (Å²) in [4.78, 5) is 7.80. The van der Waals surface area contributed by atoms with Crippen LogP contribution in [0.2, 0.25) is 0 Å². The van der Waals surface area contributed by atoms with E-state index in [-0.39, 0.29) is 5.69 Å². The molecule has 4 nitrogen and oxygen atoms in total. The third kappa shape index (κ3) is 7.32. The number of rotatable bonds is 13. The minimum absolute atomic E-state index is 0.189. The summed E-state index contributed by atoms with van der Waals surface area (Å²) < 4.78 is 38.7. The topological polar surface area (TPSA) is 44.8 Å². The van der Waals surface area contributed by atoms with Crippen LogP contribution in [-0.4, -0.2) is 28.3 Å². The van der Waals surface area contributed by atoms with E-state index in [4.69, 9.17) is 0 Å². The van der Waals surface area contributed by atoms with Crippen molar-refractivity contribution in [2.45, 2.75) is 71.4 Å². The van der Waals surface area contributed by atoms with Gasteiger partial charge in [0.2, 0.25) is 0 Å². The van der Waals surface area contributed by atoms with Crippen LogP contribution in [0.4, 0.5) is 18.2 Å². The fraction of sp³-hybridized carbons (Fsp3) is 0.520. The molecule has 33 heavy (non-hydrogen) atoms. The van der Waals surface area contributed by atoms with Crippen molar-refractivity contribution in [1.29, 1.82) is 0 Å². The first kappa shape index (κ1) is 25.3. The molecule has 3 aromatic heterocycles. The molecule has 0 unspecified atom stereocenters. The number of aromatic amines is 1. The number of nitrogens with zero attached hydrogens (tertiary/aromatic N) is 3. The van der Waals surface area contributed by atoms with E-state index in [1.807, 2.05) is 6.07 Å². The Labute approximate surface area is 198 Å². The summed E-state index contributed by atoms with van der Waals surface area (Å²) in [5.74, 6) is 0. The van der Waals surface area contributed by atoms with Crippen LogP contribution in [0, 0.1) is 0 Å². The molecule has 3 rings (SSSR count). The summed E-state index contributed by atoms with van der Waals surface area (Å²) >= 11 is 1.72. The minimum Gasteiger partial charge on any atom is -0.363 e. The van der Waals surface area contributed by atoms with E-state index < -0.39 is 11.9 Å². The fourth-order valence-electron chi connectivity index (χ4n) is 3.77. The number of hydrogen-bond acceptors (Lipinski definition) is 4. The number of hydrogen-bond donors (Lipinski definition) is 1. The number of alkyl halides is 3. The van der Waals surface area contributed by atoms with Gasteiger partial charge in [-0.25, -0.2) is 0 Å². The number of halogens is 3. The van der Waals surface area contributed by atoms with Crippen molar-refractivity contribution >= 4 is 16.3 Å². The summed E-state index contributed by atoms with van der Waals surface area (Å²) in [6.45, 7) is 6.57. The molecule has 0 aromatic carbocycles. The summed E-state index contributed by atoms with van der Waals surface area (Å²) in [6.07, 6.45) is 7.03. The van der Waals surface area contributed by atoms with Crippen LogP contribution in [0.5, 0.6) is 0 Å². The second kappa shape index (κ2) is 12.2. The van der Waals surface area contributed by atoms with Crippen LogP contribution < -0.4 is 4.90 Å². The number of nitrogens with one attached hydrogen (secondary N) is 1. The Morgan fingerprint density at radius 3 is 2.18 bits per heavy atom. The summed E-state index contributed by atoms with van der Waals surface area (Å²) in [6, 6.07) is 8.95. The van der Waals surface area contributed by atoms with E-state index in [1.54, 1.807) is 23.6 Å². The highest BCUT2D eigenvalue weighted by molar-refractivity contribution is 7.19. The molecule has 8 heteroatoms. The number of pyridine rings is 1. The van der Waals surface area contributed by atoms with Crippen LogP contribution in [0.3, 0.4) is 0 Å². The van der Waals surface area contributed by atoms with Crippen LogP contribution in [-0.2, 0) is 6.18 Å². The largest absolute Gasteiger partial charge is 0.432 e. The normalized spacial score (nSPS) is 11.8. The monoisotopic (exact) mass is 478 g/mol. The molecule has 0 atom stereocenters. The average molecular weight is 479 g/mol. The maximum atomic E-state index is 12.9. The lowest BCUT2D eigenvalue weighted by atomic mass is 10.1. The van der Waals surface area contributed by atoms with Crippen molar-refractivity contribution in [3.05, 3.63) is 42.2 Å². The second-order valence-corrected chi connectivity index (χ2v) is 9.40. The molecule has 0 saturated carbocycles. The minimum atomic E-state index is -4.46. The van der Waals surface area contributed by atoms with E-state index in [1.165, 1.54) is 56.4 Å². The Balaban J connectivity index is 1.75. The van der Waals surface area contributed by atoms with Crippen LogP contribution in [0.25, 0.3) is 21.8 Å². The predicted molar refractivity (Wildman–Crippen MR) is 131 cm³/mol. The molecule has 0 saturated heterocycles. The highest BCUT2D eigenvalue weighted by Crippen LogP contribution is 2.36. The van der Waals surface area contributed by atoms with Gasteiger partial charge in [-0.1, -0.05) is 52.4 Å². The smallest absolute Gasteiger partial charge is 0.363 e. The lowest BCUT2D eigenvalue weighted by Crippen LogP contribution is -2.24. The summed E-state index contributed by atoms with van der Waals surface area (Å²) in [5, 5.41) is 7.11. The van der Waals surface area contributed by atoms with Crippen molar-refractivity contribution in [3.8, 4) is 21.8 Å². The van der Waals surface area contributed by atoms with Gasteiger partial charge >= 0.3 is 6.18 Å². The van der Waals surface area contributed by atoms with E-state index in [2.05, 4.69) is 46.1 Å². The standard InChI is InChI=1S/C25H33F3N4S/c1-3-5-7-9-15-32(16-10-8-6-4-2)24-12-11-22(33-24)19-13-14-29-20(17-19)21-18-23(31-30-21)25(26,27)28/h11-14,17-18H,3-10,15-16H2,1-2H3,(H,30,31). The highest BCUT2D eigenvalue weighted by Gasteiger charge is 2.33. The third-order valence-electron chi connectivity index (χ3n) is 5.66. The Morgan fingerprint density at radius 2 is 1.58 bits per heavy atom. The zero-order valence-electron chi connectivity index (χ0n) is 19.4. The fourth-order valence-corrected chi connectivity index (χ4v) is 4.82. The average Bonchev–Trinajstić information content (AvgIpc) is 3.48. The molecule has 0 bridgehead atoms. The molecular weight excluding hydrogens is 445 g/mol. The summed E-state index contributed by atoms with van der Waals surface area (Å²) in [5.41, 5.74) is 0.675. The van der Waals surface area contributed by atoms with Gasteiger partial charge in [0.15, 0.2) is 0 Å². The molecule has 0 aliphatic heterocycles. The van der Waals surface area contributed by atoms with Gasteiger partial charge < -0.3 is 4.90 Å². The third-order valence-corrected chi connectivity index (χ3v) is 6.85. The van der Waals surface area contributed by atoms with E-state index in [9.17, 15) is 13.2 Å². The second-order valence-electron chi connectivity index (χ2n) is 8.34. The number of H-pyrrole nitrogens is 1. The molecule has 0 aliphatic carbocycles. The zero-order chi connectivity index (χ0) is 23.7. The van der Waals surface area contributed by atoms with Gasteiger partial charge in [0.25, 0.3) is 0 Å². The zero-order valence-corrected chi connectivity index (χ0v) is 20.2. The first-order valence-electron chi connectivity index (χ1n) is 11.9. The van der Waals surface area contributed by atoms with E-state index >= 15 is 0 Å². The first-order valence-corrected chi connectivity index (χ1v) is 12.7. The Hall–Kier alpha value is -2.35. The highest BCUT2D eigenvalue weighted by atomic mass is 32.1. The van der Waals surface area contributed by atoms with Gasteiger partial charge in [0.05, 0.1) is 10.7 Å². The molecule has 0 amide bonds. The number of aromatic nitrogens is 3. The molecule has 0 aliphatic rings. The van der Waals surface area contributed by atoms with Crippen LogP contribution >= 0.6 is 11.3 Å². The van der Waals surface area contributed by atoms with Gasteiger partial charge in [-0.15, -0.1) is 11.3 Å². The maximum Gasteiger partial charge on any atom is 0.432 e. The number of thiophene rings is 1. The van der Waals surface area contributed by atoms with Gasteiger partial charge in [0.1, 0.15) is 11.4 Å². The molecular formula is C25H33F3N4S. The Kier molecular flexibility index (Phi) is 9.35. The molecule has 0 spiro atoms. The van der Waals surface area contributed by atoms with Crippen molar-refractivity contribution in [2.75, 3.05) is 18.0 Å². The molecule has 0 radical (unpaired) electrons. The molecule has 0 fully saturated rings. The van der Waals surface area contributed by atoms with Crippen molar-refractivity contribution in [1.82, 2.24) is 15.2 Å². The molecule has 3 aromatic rings. The molecule has 3 heterocycles. The predicted octanol–water partition coefficient (Wildman–Crippen LogP) is 8.19. The number of unbranched alkanes of at least 4 members (excludes halogenated alkanes) is 6. The van der Waals surface area contributed by atoms with E-state index in [0.29, 0.717) is 5.69 Å². The van der Waals surface area contributed by atoms with Crippen molar-refractivity contribution < 1.29 is 13.2 Å². The lowest BCUT2D eigenvalue weighted by Gasteiger charge is -2.23. The number of anilines is 1. The van der Waals surface area contributed by atoms with Gasteiger partial charge in [-0.05, 0) is 48.7 Å². The quantitative estimate of drug-likeness (QED) is 0.252. The van der Waals surface area contributed by atoms with Gasteiger partial charge in [-0.2, -0.15) is 18.3 Å². The SMILES string of the molecule is CCCCCCN(CCCCCC)c1ccc(-c2ccnc(-c3cc(C(F)(F)F)[nH]n3)c2)s1. The van der Waals surface area contributed by atoms with E-state index in [0.717, 1.165) is 29.6 Å². The van der Waals surface area contributed by atoms with Gasteiger partial charge in [-0.3, -0.25) is 10.1 Å². The Morgan fingerprint density at radius 1 is 0.879 bits per heavy atom.